The summed E-state index contributed by atoms with van der Waals surface area (Å²) in [6.07, 6.45) is 4.71. The molecular formula is C19H31NO2. The Kier molecular flexibility index (Phi) is 6.27. The van der Waals surface area contributed by atoms with Crippen LogP contribution in [0, 0.1) is 26.7 Å². The first-order chi connectivity index (χ1) is 10.5. The summed E-state index contributed by atoms with van der Waals surface area (Å²) < 4.78 is 5.89. The van der Waals surface area contributed by atoms with Crippen molar-refractivity contribution >= 4 is 0 Å². The molecule has 0 saturated heterocycles. The van der Waals surface area contributed by atoms with E-state index in [1.165, 1.54) is 36.8 Å². The van der Waals surface area contributed by atoms with Crippen molar-refractivity contribution < 1.29 is 9.84 Å². The molecule has 3 atom stereocenters. The van der Waals surface area contributed by atoms with Gasteiger partial charge in [-0.15, -0.1) is 0 Å². The largest absolute Gasteiger partial charge is 0.490 e. The maximum Gasteiger partial charge on any atom is 0.125 e. The van der Waals surface area contributed by atoms with Crippen LogP contribution in [0.3, 0.4) is 0 Å². The first kappa shape index (κ1) is 17.3. The van der Waals surface area contributed by atoms with E-state index in [1.54, 1.807) is 0 Å². The SMILES string of the molecule is Cc1ccc(C)c(OC[C@@H](O)CN[C@@H]2CCCC[C@@H]2C)c1C. The van der Waals surface area contributed by atoms with Crippen molar-refractivity contribution in [2.75, 3.05) is 13.2 Å². The van der Waals surface area contributed by atoms with E-state index in [9.17, 15) is 5.11 Å². The lowest BCUT2D eigenvalue weighted by Crippen LogP contribution is -2.42. The van der Waals surface area contributed by atoms with Crippen LogP contribution in [0.25, 0.3) is 0 Å². The van der Waals surface area contributed by atoms with Gasteiger partial charge in [0.15, 0.2) is 0 Å². The second kappa shape index (κ2) is 7.98. The van der Waals surface area contributed by atoms with Crippen LogP contribution in [0.15, 0.2) is 12.1 Å². The monoisotopic (exact) mass is 305 g/mol. The van der Waals surface area contributed by atoms with Crippen molar-refractivity contribution in [1.82, 2.24) is 5.32 Å². The summed E-state index contributed by atoms with van der Waals surface area (Å²) in [7, 11) is 0. The van der Waals surface area contributed by atoms with Gasteiger partial charge in [-0.25, -0.2) is 0 Å². The third kappa shape index (κ3) is 4.47. The second-order valence-electron chi connectivity index (χ2n) is 6.89. The van der Waals surface area contributed by atoms with Gasteiger partial charge in [-0.3, -0.25) is 0 Å². The van der Waals surface area contributed by atoms with Crippen LogP contribution in [-0.2, 0) is 0 Å². The lowest BCUT2D eigenvalue weighted by molar-refractivity contribution is 0.0978. The van der Waals surface area contributed by atoms with E-state index in [2.05, 4.69) is 45.1 Å². The minimum atomic E-state index is -0.464. The van der Waals surface area contributed by atoms with Gasteiger partial charge in [-0.1, -0.05) is 31.9 Å². The molecule has 1 fully saturated rings. The Bertz CT molecular complexity index is 487. The molecule has 1 aliphatic carbocycles. The highest BCUT2D eigenvalue weighted by Crippen LogP contribution is 2.26. The van der Waals surface area contributed by atoms with Crippen molar-refractivity contribution in [2.45, 2.75) is 65.5 Å². The quantitative estimate of drug-likeness (QED) is 0.845. The molecule has 0 unspecified atom stereocenters. The van der Waals surface area contributed by atoms with Gasteiger partial charge in [0.1, 0.15) is 18.5 Å². The molecule has 0 heterocycles. The summed E-state index contributed by atoms with van der Waals surface area (Å²) in [4.78, 5) is 0. The highest BCUT2D eigenvalue weighted by atomic mass is 16.5. The van der Waals surface area contributed by atoms with Crippen LogP contribution >= 0.6 is 0 Å². The van der Waals surface area contributed by atoms with Gasteiger partial charge in [0.2, 0.25) is 0 Å². The van der Waals surface area contributed by atoms with Crippen LogP contribution in [0.2, 0.25) is 0 Å². The van der Waals surface area contributed by atoms with Crippen LogP contribution in [0.4, 0.5) is 0 Å². The molecule has 0 aliphatic heterocycles. The van der Waals surface area contributed by atoms with Gasteiger partial charge in [-0.05, 0) is 56.2 Å². The number of ether oxygens (including phenoxy) is 1. The topological polar surface area (TPSA) is 41.5 Å². The molecule has 0 radical (unpaired) electrons. The van der Waals surface area contributed by atoms with Crippen LogP contribution in [0.5, 0.6) is 5.75 Å². The highest BCUT2D eigenvalue weighted by molar-refractivity contribution is 5.44. The molecule has 0 aromatic heterocycles. The average Bonchev–Trinajstić information content (AvgIpc) is 2.50. The maximum absolute atomic E-state index is 10.2. The van der Waals surface area contributed by atoms with E-state index in [1.807, 2.05) is 0 Å². The first-order valence-corrected chi connectivity index (χ1v) is 8.60. The van der Waals surface area contributed by atoms with Crippen LogP contribution in [-0.4, -0.2) is 30.4 Å². The molecule has 124 valence electrons. The third-order valence-electron chi connectivity index (χ3n) is 5.02. The van der Waals surface area contributed by atoms with Gasteiger partial charge in [0, 0.05) is 12.6 Å². The zero-order chi connectivity index (χ0) is 16.1. The summed E-state index contributed by atoms with van der Waals surface area (Å²) >= 11 is 0. The molecule has 0 bridgehead atoms. The molecule has 0 spiro atoms. The van der Waals surface area contributed by atoms with Crippen molar-refractivity contribution in [3.63, 3.8) is 0 Å². The average molecular weight is 305 g/mol. The lowest BCUT2D eigenvalue weighted by Gasteiger charge is -2.30. The van der Waals surface area contributed by atoms with Crippen molar-refractivity contribution in [2.24, 2.45) is 5.92 Å². The number of rotatable bonds is 6. The second-order valence-corrected chi connectivity index (χ2v) is 6.89. The fourth-order valence-corrected chi connectivity index (χ4v) is 3.29. The van der Waals surface area contributed by atoms with E-state index >= 15 is 0 Å². The molecule has 1 aliphatic rings. The fraction of sp³-hybridized carbons (Fsp3) is 0.684. The summed E-state index contributed by atoms with van der Waals surface area (Å²) in [6.45, 7) is 9.48. The zero-order valence-corrected chi connectivity index (χ0v) is 14.5. The standard InChI is InChI=1S/C19H31NO2/c1-13-9-10-15(3)19(16(13)4)22-12-17(21)11-20-18-8-6-5-7-14(18)2/h9-10,14,17-18,20-21H,5-8,11-12H2,1-4H3/t14-,17-,18+/m0/s1. The molecule has 2 N–H and O–H groups in total. The van der Waals surface area contributed by atoms with Crippen molar-refractivity contribution in [3.05, 3.63) is 28.8 Å². The Balaban J connectivity index is 1.80. The zero-order valence-electron chi connectivity index (χ0n) is 14.5. The molecular weight excluding hydrogens is 274 g/mol. The van der Waals surface area contributed by atoms with Crippen molar-refractivity contribution in [3.8, 4) is 5.75 Å². The Labute approximate surface area is 135 Å². The van der Waals surface area contributed by atoms with E-state index in [0.717, 1.165) is 11.3 Å². The number of aliphatic hydroxyl groups excluding tert-OH is 1. The van der Waals surface area contributed by atoms with E-state index in [4.69, 9.17) is 4.74 Å². The number of aliphatic hydroxyl groups is 1. The van der Waals surface area contributed by atoms with E-state index in [0.29, 0.717) is 25.1 Å². The van der Waals surface area contributed by atoms with Crippen molar-refractivity contribution in [1.29, 1.82) is 0 Å². The minimum Gasteiger partial charge on any atom is -0.490 e. The summed E-state index contributed by atoms with van der Waals surface area (Å²) in [5.41, 5.74) is 3.52. The number of hydrogen-bond acceptors (Lipinski definition) is 3. The van der Waals surface area contributed by atoms with Gasteiger partial charge >= 0.3 is 0 Å². The Hall–Kier alpha value is -1.06. The highest BCUT2D eigenvalue weighted by Gasteiger charge is 2.21. The third-order valence-corrected chi connectivity index (χ3v) is 5.02. The van der Waals surface area contributed by atoms with Crippen LogP contribution < -0.4 is 10.1 Å². The van der Waals surface area contributed by atoms with Crippen LogP contribution in [0.1, 0.15) is 49.3 Å². The van der Waals surface area contributed by atoms with Gasteiger partial charge in [-0.2, -0.15) is 0 Å². The predicted octanol–water partition coefficient (Wildman–Crippen LogP) is 3.52. The first-order valence-electron chi connectivity index (χ1n) is 8.60. The Morgan fingerprint density at radius 1 is 1.18 bits per heavy atom. The molecule has 1 saturated carbocycles. The predicted molar refractivity (Wildman–Crippen MR) is 91.6 cm³/mol. The summed E-state index contributed by atoms with van der Waals surface area (Å²) in [6, 6.07) is 4.73. The fourth-order valence-electron chi connectivity index (χ4n) is 3.29. The van der Waals surface area contributed by atoms with Gasteiger partial charge in [0.05, 0.1) is 0 Å². The Morgan fingerprint density at radius 3 is 2.59 bits per heavy atom. The normalized spacial score (nSPS) is 23.3. The van der Waals surface area contributed by atoms with E-state index < -0.39 is 6.10 Å². The lowest BCUT2D eigenvalue weighted by atomic mass is 9.86. The molecule has 2 rings (SSSR count). The number of aryl methyl sites for hydroxylation is 2. The molecule has 0 amide bonds. The molecule has 3 heteroatoms. The number of nitrogens with one attached hydrogen (secondary N) is 1. The summed E-state index contributed by atoms with van der Waals surface area (Å²) in [5, 5.41) is 13.7. The number of benzene rings is 1. The number of hydrogen-bond donors (Lipinski definition) is 2. The smallest absolute Gasteiger partial charge is 0.125 e. The summed E-state index contributed by atoms with van der Waals surface area (Å²) in [5.74, 6) is 1.63. The van der Waals surface area contributed by atoms with E-state index in [-0.39, 0.29) is 0 Å². The maximum atomic E-state index is 10.2. The molecule has 1 aromatic rings. The minimum absolute atomic E-state index is 0.346. The molecule has 22 heavy (non-hydrogen) atoms. The Morgan fingerprint density at radius 2 is 1.86 bits per heavy atom. The molecule has 3 nitrogen and oxygen atoms in total. The van der Waals surface area contributed by atoms with Gasteiger partial charge in [0.25, 0.3) is 0 Å². The van der Waals surface area contributed by atoms with Gasteiger partial charge < -0.3 is 15.2 Å². The molecule has 1 aromatic carbocycles.